The summed E-state index contributed by atoms with van der Waals surface area (Å²) in [5, 5.41) is 1.66. The highest BCUT2D eigenvalue weighted by Crippen LogP contribution is 2.51. The van der Waals surface area contributed by atoms with Crippen LogP contribution >= 0.6 is 7.29 Å². The number of nitrogens with zero attached hydrogens (tertiary/aromatic N) is 1. The van der Waals surface area contributed by atoms with Crippen molar-refractivity contribution >= 4 is 23.9 Å². The maximum Gasteiger partial charge on any atom is 0.330 e. The molecule has 1 aliphatic heterocycles. The minimum Gasteiger partial charge on any atom is -0.459 e. The number of carbonyl (C=O) groups is 1. The molecule has 1 aliphatic carbocycles. The Morgan fingerprint density at radius 3 is 2.05 bits per heavy atom. The van der Waals surface area contributed by atoms with Crippen molar-refractivity contribution in [2.45, 2.75) is 76.9 Å². The van der Waals surface area contributed by atoms with Gasteiger partial charge in [0.05, 0.1) is 0 Å². The first kappa shape index (κ1) is 29.5. The molecule has 1 saturated carbocycles. The van der Waals surface area contributed by atoms with Crippen molar-refractivity contribution in [2.75, 3.05) is 6.54 Å². The number of esters is 1. The Hall–Kier alpha value is -2.94. The molecule has 1 saturated heterocycles. The molecule has 0 aromatic heterocycles. The lowest BCUT2D eigenvalue weighted by atomic mass is 9.64. The van der Waals surface area contributed by atoms with Crippen molar-refractivity contribution in [1.82, 2.24) is 4.67 Å². The summed E-state index contributed by atoms with van der Waals surface area (Å²) in [6.07, 6.45) is 9.37. The van der Waals surface area contributed by atoms with E-state index in [4.69, 9.17) is 4.74 Å². The topological polar surface area (TPSA) is 46.6 Å². The van der Waals surface area contributed by atoms with Crippen LogP contribution in [0.4, 0.5) is 0 Å². The lowest BCUT2D eigenvalue weighted by molar-refractivity contribution is -0.150. The molecule has 1 heterocycles. The van der Waals surface area contributed by atoms with Crippen molar-refractivity contribution in [3.8, 4) is 0 Å². The average Bonchev–Trinajstić information content (AvgIpc) is 3.01. The highest BCUT2D eigenvalue weighted by molar-refractivity contribution is 7.76. The van der Waals surface area contributed by atoms with Crippen molar-refractivity contribution in [3.05, 3.63) is 109 Å². The van der Waals surface area contributed by atoms with Crippen LogP contribution in [0.15, 0.2) is 103 Å². The Morgan fingerprint density at radius 1 is 0.854 bits per heavy atom. The van der Waals surface area contributed by atoms with Gasteiger partial charge in [-0.1, -0.05) is 106 Å². The number of benzene rings is 3. The lowest BCUT2D eigenvalue weighted by Gasteiger charge is -2.44. The Kier molecular flexibility index (Phi) is 9.32. The number of hydrogen-bond acceptors (Lipinski definition) is 3. The van der Waals surface area contributed by atoms with Gasteiger partial charge in [0.2, 0.25) is 7.29 Å². The molecule has 0 radical (unpaired) electrons. The Bertz CT molecular complexity index is 1310. The van der Waals surface area contributed by atoms with Gasteiger partial charge in [-0.05, 0) is 66.8 Å². The maximum absolute atomic E-state index is 15.0. The van der Waals surface area contributed by atoms with Crippen LogP contribution < -0.4 is 10.6 Å². The molecule has 2 aliphatic rings. The average molecular weight is 570 g/mol. The summed E-state index contributed by atoms with van der Waals surface area (Å²) in [5.41, 5.74) is 1.18. The zero-order valence-corrected chi connectivity index (χ0v) is 25.6. The summed E-state index contributed by atoms with van der Waals surface area (Å²) in [5.74, 6) is 0.481. The molecule has 0 amide bonds. The van der Waals surface area contributed by atoms with Crippen molar-refractivity contribution < 1.29 is 14.1 Å². The first-order valence-corrected chi connectivity index (χ1v) is 16.9. The molecule has 0 spiro atoms. The SMILES string of the molecule is C[C@@H]1CC[C@@H](C(C)(C)c2ccccc2)[C@H](OC(=O)/C=C\[C@@H]2CCCCN2P(=O)(c2ccccc2)c2ccccc2)C1. The Morgan fingerprint density at radius 2 is 1.44 bits per heavy atom. The monoisotopic (exact) mass is 569 g/mol. The van der Waals surface area contributed by atoms with E-state index in [-0.39, 0.29) is 29.4 Å². The molecule has 3 aromatic rings. The van der Waals surface area contributed by atoms with Gasteiger partial charge in [0.25, 0.3) is 0 Å². The largest absolute Gasteiger partial charge is 0.459 e. The van der Waals surface area contributed by atoms with Gasteiger partial charge in [-0.2, -0.15) is 0 Å². The molecule has 0 unspecified atom stereocenters. The highest BCUT2D eigenvalue weighted by atomic mass is 31.2. The quantitative estimate of drug-likeness (QED) is 0.159. The van der Waals surface area contributed by atoms with E-state index in [1.165, 1.54) is 5.56 Å². The number of carbonyl (C=O) groups excluding carboxylic acids is 1. The highest BCUT2D eigenvalue weighted by Gasteiger charge is 2.42. The molecular weight excluding hydrogens is 525 g/mol. The predicted molar refractivity (Wildman–Crippen MR) is 169 cm³/mol. The minimum absolute atomic E-state index is 0.103. The van der Waals surface area contributed by atoms with E-state index < -0.39 is 7.29 Å². The van der Waals surface area contributed by atoms with E-state index in [1.54, 1.807) is 6.08 Å². The molecule has 5 heteroatoms. The molecule has 0 N–H and O–H groups in total. The first-order chi connectivity index (χ1) is 19.8. The lowest BCUT2D eigenvalue weighted by Crippen LogP contribution is -2.43. The van der Waals surface area contributed by atoms with Crippen LogP contribution in [0, 0.1) is 11.8 Å². The van der Waals surface area contributed by atoms with Crippen molar-refractivity contribution in [3.63, 3.8) is 0 Å². The summed E-state index contributed by atoms with van der Waals surface area (Å²) in [4.78, 5) is 13.4. The van der Waals surface area contributed by atoms with E-state index in [0.29, 0.717) is 5.92 Å². The van der Waals surface area contributed by atoms with E-state index in [0.717, 1.165) is 55.7 Å². The second kappa shape index (κ2) is 12.9. The third-order valence-electron chi connectivity index (χ3n) is 9.31. The fourth-order valence-corrected chi connectivity index (χ4v) is 10.0. The second-order valence-corrected chi connectivity index (χ2v) is 15.1. The van der Waals surface area contributed by atoms with Gasteiger partial charge in [0.15, 0.2) is 0 Å². The van der Waals surface area contributed by atoms with Crippen molar-refractivity contribution in [2.24, 2.45) is 11.8 Å². The molecule has 5 rings (SSSR count). The smallest absolute Gasteiger partial charge is 0.330 e. The summed E-state index contributed by atoms with van der Waals surface area (Å²) in [6, 6.07) is 30.1. The number of hydrogen-bond donors (Lipinski definition) is 0. The number of piperidine rings is 1. The van der Waals surface area contributed by atoms with Gasteiger partial charge in [-0.3, -0.25) is 4.57 Å². The third-order valence-corrected chi connectivity index (χ3v) is 12.5. The van der Waals surface area contributed by atoms with Crippen LogP contribution in [0.1, 0.15) is 64.9 Å². The van der Waals surface area contributed by atoms with Gasteiger partial charge in [0.1, 0.15) is 6.10 Å². The van der Waals surface area contributed by atoms with E-state index in [1.807, 2.05) is 72.8 Å². The molecule has 216 valence electrons. The van der Waals surface area contributed by atoms with Crippen molar-refractivity contribution in [1.29, 1.82) is 0 Å². The van der Waals surface area contributed by atoms with Crippen LogP contribution in [0.25, 0.3) is 0 Å². The van der Waals surface area contributed by atoms with Gasteiger partial charge in [0, 0.05) is 35.2 Å². The van der Waals surface area contributed by atoms with E-state index in [9.17, 15) is 4.79 Å². The van der Waals surface area contributed by atoms with Gasteiger partial charge in [-0.25, -0.2) is 9.46 Å². The summed E-state index contributed by atoms with van der Waals surface area (Å²) in [6.45, 7) is 7.54. The first-order valence-electron chi connectivity index (χ1n) is 15.2. The number of rotatable bonds is 8. The second-order valence-electron chi connectivity index (χ2n) is 12.4. The zero-order chi connectivity index (χ0) is 28.9. The summed E-state index contributed by atoms with van der Waals surface area (Å²) in [7, 11) is -3.09. The Labute approximate surface area is 246 Å². The molecular formula is C36H44NO3P. The standard InChI is InChI=1S/C36H44NO3P/c1-28-22-24-33(36(2,3)29-15-7-4-8-16-29)34(27-28)40-35(38)25-23-30-17-13-14-26-37(30)41(39,31-18-9-5-10-19-31)32-20-11-6-12-21-32/h4-12,15-16,18-21,23,25,28,30,33-34H,13-14,17,22,24,26-27H2,1-3H3/b25-23-/t28-,30+,33-,34-/m1/s1. The molecule has 2 fully saturated rings. The predicted octanol–water partition coefficient (Wildman–Crippen LogP) is 7.65. The maximum atomic E-state index is 15.0. The van der Waals surface area contributed by atoms with Gasteiger partial charge in [-0.15, -0.1) is 0 Å². The number of ether oxygens (including phenoxy) is 1. The van der Waals surface area contributed by atoms with Gasteiger partial charge < -0.3 is 4.74 Å². The molecule has 4 atom stereocenters. The fraction of sp³-hybridized carbons (Fsp3) is 0.417. The Balaban J connectivity index is 1.37. The zero-order valence-electron chi connectivity index (χ0n) is 24.7. The molecule has 4 nitrogen and oxygen atoms in total. The minimum atomic E-state index is -3.09. The fourth-order valence-electron chi connectivity index (χ4n) is 6.94. The third kappa shape index (κ3) is 6.45. The van der Waals surface area contributed by atoms with Crippen LogP contribution in [0.2, 0.25) is 0 Å². The van der Waals surface area contributed by atoms with Gasteiger partial charge >= 0.3 is 5.97 Å². The summed E-state index contributed by atoms with van der Waals surface area (Å²) < 4.78 is 23.4. The van der Waals surface area contributed by atoms with E-state index >= 15 is 4.57 Å². The molecule has 0 bridgehead atoms. The van der Waals surface area contributed by atoms with Crippen LogP contribution in [-0.4, -0.2) is 29.3 Å². The summed E-state index contributed by atoms with van der Waals surface area (Å²) >= 11 is 0. The molecule has 3 aromatic carbocycles. The van der Waals surface area contributed by atoms with Crippen LogP contribution in [0.3, 0.4) is 0 Å². The van der Waals surface area contributed by atoms with E-state index in [2.05, 4.69) is 49.7 Å². The molecule has 41 heavy (non-hydrogen) atoms. The van der Waals surface area contributed by atoms with Crippen LogP contribution in [-0.2, 0) is 19.5 Å². The normalized spacial score (nSPS) is 24.3. The van der Waals surface area contributed by atoms with Crippen LogP contribution in [0.5, 0.6) is 0 Å².